The lowest BCUT2D eigenvalue weighted by Crippen LogP contribution is -2.34. The van der Waals surface area contributed by atoms with Crippen molar-refractivity contribution in [1.82, 2.24) is 4.90 Å². The summed E-state index contributed by atoms with van der Waals surface area (Å²) in [6.07, 6.45) is -2.36. The molecule has 164 valence electrons. The van der Waals surface area contributed by atoms with Gasteiger partial charge in [0.05, 0.1) is 31.5 Å². The molecule has 31 heavy (non-hydrogen) atoms. The number of methoxy groups -OCH3 is 1. The number of sulfone groups is 1. The van der Waals surface area contributed by atoms with Crippen molar-refractivity contribution in [2.75, 3.05) is 24.3 Å². The summed E-state index contributed by atoms with van der Waals surface area (Å²) in [5, 5.41) is 2.70. The second-order valence-corrected chi connectivity index (χ2v) is 8.84. The minimum Gasteiger partial charge on any atom is -0.496 e. The van der Waals surface area contributed by atoms with E-state index in [1.165, 1.54) is 31.4 Å². The van der Waals surface area contributed by atoms with Gasteiger partial charge in [0.25, 0.3) is 5.91 Å². The number of rotatable bonds is 7. The van der Waals surface area contributed by atoms with E-state index in [-0.39, 0.29) is 35.2 Å². The van der Waals surface area contributed by atoms with Gasteiger partial charge in [0.1, 0.15) is 15.6 Å². The van der Waals surface area contributed by atoms with Crippen LogP contribution in [-0.4, -0.2) is 44.1 Å². The Labute approximate surface area is 190 Å². The normalized spacial score (nSPS) is 21.5. The molecule has 7 nitrogen and oxygen atoms in total. The third-order valence-electron chi connectivity index (χ3n) is 5.31. The van der Waals surface area contributed by atoms with Gasteiger partial charge in [0, 0.05) is 25.5 Å². The fraction of sp³-hybridized carbons (Fsp3) is 0.391. The highest BCUT2D eigenvalue weighted by molar-refractivity contribution is 7.90. The highest BCUT2D eigenvalue weighted by Crippen LogP contribution is 2.38. The SMILES string of the molecule is [2H]C([2H])([2H])S(=O)(=O)C([2H])([2H])[C@]([2H])(c1ccc(OC)c(C)c1)N1Cc2cccc(NC(=O)C3CC3)c2C1=O. The van der Waals surface area contributed by atoms with Gasteiger partial charge >= 0.3 is 0 Å². The molecule has 2 aromatic rings. The van der Waals surface area contributed by atoms with Crippen LogP contribution in [0.3, 0.4) is 0 Å². The Morgan fingerprint density at radius 1 is 1.39 bits per heavy atom. The number of hydrogen-bond donors (Lipinski definition) is 1. The van der Waals surface area contributed by atoms with Crippen LogP contribution >= 0.6 is 0 Å². The van der Waals surface area contributed by atoms with Gasteiger partial charge in [-0.25, -0.2) is 8.42 Å². The maximum absolute atomic E-state index is 13.8. The van der Waals surface area contributed by atoms with E-state index in [0.29, 0.717) is 21.8 Å². The van der Waals surface area contributed by atoms with Crippen LogP contribution in [0.1, 0.15) is 54.1 Å². The first kappa shape index (κ1) is 15.0. The molecule has 0 bridgehead atoms. The maximum atomic E-state index is 13.8. The van der Waals surface area contributed by atoms with Crippen LogP contribution in [0.15, 0.2) is 36.4 Å². The molecule has 1 aliphatic heterocycles. The number of anilines is 1. The van der Waals surface area contributed by atoms with Crippen LogP contribution < -0.4 is 10.1 Å². The zero-order valence-electron chi connectivity index (χ0n) is 23.1. The van der Waals surface area contributed by atoms with Gasteiger partial charge in [-0.1, -0.05) is 24.3 Å². The molecule has 0 aromatic heterocycles. The number of fused-ring (bicyclic) bond motifs is 1. The molecule has 0 saturated heterocycles. The number of carbonyl (C=O) groups is 2. The van der Waals surface area contributed by atoms with Crippen LogP contribution in [0.5, 0.6) is 5.75 Å². The molecule has 1 aliphatic carbocycles. The smallest absolute Gasteiger partial charge is 0.257 e. The Morgan fingerprint density at radius 3 is 2.81 bits per heavy atom. The van der Waals surface area contributed by atoms with E-state index < -0.39 is 33.7 Å². The summed E-state index contributed by atoms with van der Waals surface area (Å²) < 4.78 is 80.3. The molecule has 0 unspecified atom stereocenters. The second-order valence-electron chi connectivity index (χ2n) is 7.63. The highest BCUT2D eigenvalue weighted by Gasteiger charge is 2.38. The van der Waals surface area contributed by atoms with Crippen molar-refractivity contribution in [3.05, 3.63) is 58.7 Å². The average molecular weight is 449 g/mol. The molecule has 0 radical (unpaired) electrons. The van der Waals surface area contributed by atoms with Crippen molar-refractivity contribution in [3.8, 4) is 5.75 Å². The molecule has 1 fully saturated rings. The maximum Gasteiger partial charge on any atom is 0.257 e. The van der Waals surface area contributed by atoms with Crippen molar-refractivity contribution in [3.63, 3.8) is 0 Å². The van der Waals surface area contributed by atoms with Crippen LogP contribution in [0.4, 0.5) is 5.69 Å². The summed E-state index contributed by atoms with van der Waals surface area (Å²) in [7, 11) is -4.24. The fourth-order valence-electron chi connectivity index (χ4n) is 3.65. The highest BCUT2D eigenvalue weighted by atomic mass is 32.2. The van der Waals surface area contributed by atoms with Gasteiger partial charge in [0.15, 0.2) is 0 Å². The monoisotopic (exact) mass is 448 g/mol. The molecule has 2 amide bonds. The van der Waals surface area contributed by atoms with Crippen LogP contribution in [0, 0.1) is 12.8 Å². The van der Waals surface area contributed by atoms with Crippen LogP contribution in [-0.2, 0) is 21.2 Å². The molecular weight excluding hydrogens is 416 g/mol. The number of hydrogen-bond acceptors (Lipinski definition) is 5. The number of aryl methyl sites for hydroxylation is 1. The predicted octanol–water partition coefficient (Wildman–Crippen LogP) is 3.09. The Bertz CT molecular complexity index is 1390. The lowest BCUT2D eigenvalue weighted by molar-refractivity contribution is -0.117. The third kappa shape index (κ3) is 4.44. The van der Waals surface area contributed by atoms with Gasteiger partial charge in [-0.3, -0.25) is 9.59 Å². The van der Waals surface area contributed by atoms with Gasteiger partial charge < -0.3 is 15.0 Å². The molecule has 1 N–H and O–H groups in total. The first-order valence-electron chi connectivity index (χ1n) is 12.7. The number of amides is 2. The standard InChI is InChI=1S/C23H26N2O5S/c1-14-11-16(9-10-20(14)30-2)19(13-31(3,28)29)25-12-17-5-4-6-18(21(17)23(25)27)24-22(26)15-7-8-15/h4-6,9-11,15,19H,7-8,12-13H2,1-3H3,(H,24,26)/t19-/m1/s1/i3D3,13D2,19D. The average Bonchev–Trinajstić information content (AvgIpc) is 3.61. The molecule has 1 heterocycles. The number of nitrogens with one attached hydrogen (secondary N) is 1. The molecule has 8 heteroatoms. The van der Waals surface area contributed by atoms with Gasteiger partial charge in [0.2, 0.25) is 5.91 Å². The Hall–Kier alpha value is -2.87. The van der Waals surface area contributed by atoms with E-state index in [1.54, 1.807) is 19.1 Å². The molecule has 2 aromatic carbocycles. The van der Waals surface area contributed by atoms with E-state index in [1.807, 2.05) is 0 Å². The molecular formula is C23H26N2O5S. The Kier molecular flexibility index (Phi) is 3.87. The van der Waals surface area contributed by atoms with Crippen molar-refractivity contribution in [1.29, 1.82) is 0 Å². The van der Waals surface area contributed by atoms with E-state index in [4.69, 9.17) is 11.6 Å². The van der Waals surface area contributed by atoms with Crippen molar-refractivity contribution in [2.24, 2.45) is 5.92 Å². The summed E-state index contributed by atoms with van der Waals surface area (Å²) in [5.74, 6) is -0.983. The summed E-state index contributed by atoms with van der Waals surface area (Å²) in [5.41, 5.74) is -3.12. The molecule has 1 saturated carbocycles. The molecule has 2 aliphatic rings. The topological polar surface area (TPSA) is 92.8 Å². The fourth-order valence-corrected chi connectivity index (χ4v) is 4.13. The van der Waals surface area contributed by atoms with E-state index in [0.717, 1.165) is 12.8 Å². The Morgan fingerprint density at radius 2 is 2.16 bits per heavy atom. The van der Waals surface area contributed by atoms with Gasteiger partial charge in [-0.2, -0.15) is 0 Å². The number of ether oxygens (including phenoxy) is 1. The molecule has 1 atom stereocenters. The largest absolute Gasteiger partial charge is 0.496 e. The lowest BCUT2D eigenvalue weighted by Gasteiger charge is -2.28. The van der Waals surface area contributed by atoms with Gasteiger partial charge in [-0.05, 0) is 48.6 Å². The van der Waals surface area contributed by atoms with Crippen LogP contribution in [0.2, 0.25) is 0 Å². The Balaban J connectivity index is 1.89. The van der Waals surface area contributed by atoms with Gasteiger partial charge in [-0.15, -0.1) is 0 Å². The predicted molar refractivity (Wildman–Crippen MR) is 118 cm³/mol. The molecule has 0 spiro atoms. The van der Waals surface area contributed by atoms with E-state index >= 15 is 0 Å². The molecule has 4 rings (SSSR count). The zero-order chi connectivity index (χ0) is 27.6. The second kappa shape index (κ2) is 8.00. The zero-order valence-corrected chi connectivity index (χ0v) is 17.9. The van der Waals surface area contributed by atoms with E-state index in [9.17, 15) is 19.4 Å². The summed E-state index contributed by atoms with van der Waals surface area (Å²) in [4.78, 5) is 26.9. The van der Waals surface area contributed by atoms with Crippen LogP contribution in [0.25, 0.3) is 0 Å². The summed E-state index contributed by atoms with van der Waals surface area (Å²) in [6, 6.07) is 5.52. The van der Waals surface area contributed by atoms with Crippen molar-refractivity contribution < 1.29 is 31.0 Å². The number of nitrogens with zero attached hydrogens (tertiary/aromatic N) is 1. The minimum absolute atomic E-state index is 0.000408. The minimum atomic E-state index is -5.64. The summed E-state index contributed by atoms with van der Waals surface area (Å²) >= 11 is 0. The van der Waals surface area contributed by atoms with Crippen molar-refractivity contribution in [2.45, 2.75) is 32.3 Å². The van der Waals surface area contributed by atoms with E-state index in [2.05, 4.69) is 5.32 Å². The lowest BCUT2D eigenvalue weighted by atomic mass is 10.0. The third-order valence-corrected chi connectivity index (χ3v) is 5.78. The first-order chi connectivity index (χ1) is 17.1. The first-order valence-corrected chi connectivity index (χ1v) is 11.2. The number of carbonyl (C=O) groups excluding carboxylic acids is 2. The van der Waals surface area contributed by atoms with Crippen molar-refractivity contribution >= 4 is 27.3 Å². The quantitative estimate of drug-likeness (QED) is 0.703. The number of benzene rings is 2. The summed E-state index contributed by atoms with van der Waals surface area (Å²) in [6.45, 7) is 1.20.